The summed E-state index contributed by atoms with van der Waals surface area (Å²) in [5, 5.41) is 3.07. The van der Waals surface area contributed by atoms with Gasteiger partial charge < -0.3 is 5.32 Å². The molecule has 0 amide bonds. The average molecular weight is 304 g/mol. The van der Waals surface area contributed by atoms with Crippen LogP contribution < -0.4 is 5.32 Å². The molecule has 5 heteroatoms. The predicted octanol–water partition coefficient (Wildman–Crippen LogP) is 3.48. The SMILES string of the molecule is CNc1nc(CSCC(C)C)nc(C)c1Br. The van der Waals surface area contributed by atoms with Gasteiger partial charge in [0.2, 0.25) is 0 Å². The van der Waals surface area contributed by atoms with Crippen LogP contribution in [0.25, 0.3) is 0 Å². The minimum atomic E-state index is 0.713. The first-order chi connectivity index (χ1) is 7.54. The van der Waals surface area contributed by atoms with Gasteiger partial charge >= 0.3 is 0 Å². The summed E-state index contributed by atoms with van der Waals surface area (Å²) in [7, 11) is 1.87. The van der Waals surface area contributed by atoms with Crippen molar-refractivity contribution in [3.05, 3.63) is 16.0 Å². The van der Waals surface area contributed by atoms with Crippen molar-refractivity contribution in [1.29, 1.82) is 0 Å². The number of aromatic nitrogens is 2. The molecule has 0 fully saturated rings. The Balaban J connectivity index is 2.70. The molecular formula is C11H18BrN3S. The van der Waals surface area contributed by atoms with Gasteiger partial charge in [-0.2, -0.15) is 11.8 Å². The van der Waals surface area contributed by atoms with Gasteiger partial charge in [0.15, 0.2) is 0 Å². The highest BCUT2D eigenvalue weighted by Crippen LogP contribution is 2.24. The lowest BCUT2D eigenvalue weighted by atomic mass is 10.3. The largest absolute Gasteiger partial charge is 0.372 e. The average Bonchev–Trinajstić information content (AvgIpc) is 2.22. The molecule has 1 N–H and O–H groups in total. The van der Waals surface area contributed by atoms with Crippen molar-refractivity contribution in [3.8, 4) is 0 Å². The van der Waals surface area contributed by atoms with Crippen molar-refractivity contribution in [2.75, 3.05) is 18.1 Å². The fourth-order valence-corrected chi connectivity index (χ4v) is 2.51. The van der Waals surface area contributed by atoms with Crippen LogP contribution in [0.4, 0.5) is 5.82 Å². The quantitative estimate of drug-likeness (QED) is 0.904. The van der Waals surface area contributed by atoms with E-state index in [1.54, 1.807) is 0 Å². The van der Waals surface area contributed by atoms with Gasteiger partial charge in [-0.15, -0.1) is 0 Å². The van der Waals surface area contributed by atoms with Crippen molar-refractivity contribution >= 4 is 33.5 Å². The van der Waals surface area contributed by atoms with E-state index in [4.69, 9.17) is 0 Å². The lowest BCUT2D eigenvalue weighted by Gasteiger charge is -2.09. The molecule has 1 rings (SSSR count). The number of nitrogens with zero attached hydrogens (tertiary/aromatic N) is 2. The zero-order chi connectivity index (χ0) is 12.1. The van der Waals surface area contributed by atoms with E-state index in [0.29, 0.717) is 5.92 Å². The van der Waals surface area contributed by atoms with E-state index in [2.05, 4.69) is 45.1 Å². The molecule has 0 bridgehead atoms. The molecule has 0 aliphatic heterocycles. The van der Waals surface area contributed by atoms with Gasteiger partial charge in [0, 0.05) is 7.05 Å². The van der Waals surface area contributed by atoms with E-state index in [1.165, 1.54) is 0 Å². The Morgan fingerprint density at radius 2 is 2.06 bits per heavy atom. The molecule has 1 heterocycles. The van der Waals surface area contributed by atoms with Crippen molar-refractivity contribution in [2.45, 2.75) is 26.5 Å². The molecule has 0 radical (unpaired) electrons. The number of halogens is 1. The number of nitrogens with one attached hydrogen (secondary N) is 1. The maximum Gasteiger partial charge on any atom is 0.144 e. The summed E-state index contributed by atoms with van der Waals surface area (Å²) in [6.45, 7) is 6.43. The first-order valence-corrected chi connectivity index (χ1v) is 7.27. The molecule has 0 aromatic carbocycles. The van der Waals surface area contributed by atoms with E-state index >= 15 is 0 Å². The zero-order valence-electron chi connectivity index (χ0n) is 10.2. The van der Waals surface area contributed by atoms with E-state index in [-0.39, 0.29) is 0 Å². The molecule has 1 aromatic heterocycles. The maximum atomic E-state index is 4.46. The Bertz CT molecular complexity index is 355. The Morgan fingerprint density at radius 1 is 1.38 bits per heavy atom. The first-order valence-electron chi connectivity index (χ1n) is 5.33. The third-order valence-corrected chi connectivity index (χ3v) is 4.30. The Hall–Kier alpha value is -0.290. The normalized spacial score (nSPS) is 10.9. The van der Waals surface area contributed by atoms with Crippen molar-refractivity contribution < 1.29 is 0 Å². The van der Waals surface area contributed by atoms with Crippen LogP contribution in [0.3, 0.4) is 0 Å². The zero-order valence-corrected chi connectivity index (χ0v) is 12.6. The van der Waals surface area contributed by atoms with Gasteiger partial charge in [-0.05, 0) is 34.5 Å². The van der Waals surface area contributed by atoms with Crippen LogP contribution in [0.15, 0.2) is 4.47 Å². The molecule has 0 saturated carbocycles. The second-order valence-electron chi connectivity index (χ2n) is 4.05. The number of thioether (sulfide) groups is 1. The number of rotatable bonds is 5. The number of anilines is 1. The van der Waals surface area contributed by atoms with E-state index in [0.717, 1.165) is 33.3 Å². The summed E-state index contributed by atoms with van der Waals surface area (Å²) in [6, 6.07) is 0. The Labute approximate surface area is 110 Å². The van der Waals surface area contributed by atoms with Crippen LogP contribution in [-0.4, -0.2) is 22.8 Å². The van der Waals surface area contributed by atoms with Gasteiger partial charge in [-0.1, -0.05) is 13.8 Å². The fraction of sp³-hybridized carbons (Fsp3) is 0.636. The standard InChI is InChI=1S/C11H18BrN3S/c1-7(2)5-16-6-9-14-8(3)10(12)11(13-4)15-9/h7H,5-6H2,1-4H3,(H,13,14,15). The maximum absolute atomic E-state index is 4.46. The topological polar surface area (TPSA) is 37.8 Å². The summed E-state index contributed by atoms with van der Waals surface area (Å²) in [6.07, 6.45) is 0. The van der Waals surface area contributed by atoms with Crippen LogP contribution in [-0.2, 0) is 5.75 Å². The van der Waals surface area contributed by atoms with E-state index in [1.807, 2.05) is 25.7 Å². The van der Waals surface area contributed by atoms with Gasteiger partial charge in [0.1, 0.15) is 11.6 Å². The molecule has 0 aliphatic rings. The molecule has 0 spiro atoms. The lowest BCUT2D eigenvalue weighted by Crippen LogP contribution is -2.03. The summed E-state index contributed by atoms with van der Waals surface area (Å²) >= 11 is 5.35. The molecule has 0 saturated heterocycles. The summed E-state index contributed by atoms with van der Waals surface area (Å²) in [5.74, 6) is 4.50. The summed E-state index contributed by atoms with van der Waals surface area (Å²) < 4.78 is 0.951. The number of hydrogen-bond donors (Lipinski definition) is 1. The van der Waals surface area contributed by atoms with E-state index < -0.39 is 0 Å². The molecule has 1 aromatic rings. The third kappa shape index (κ3) is 3.94. The molecule has 0 atom stereocenters. The predicted molar refractivity (Wildman–Crippen MR) is 75.0 cm³/mol. The highest BCUT2D eigenvalue weighted by Gasteiger charge is 2.08. The molecule has 90 valence electrons. The second kappa shape index (κ2) is 6.45. The highest BCUT2D eigenvalue weighted by atomic mass is 79.9. The summed E-state index contributed by atoms with van der Waals surface area (Å²) in [4.78, 5) is 8.92. The molecule has 0 unspecified atom stereocenters. The van der Waals surface area contributed by atoms with Gasteiger partial charge in [0.05, 0.1) is 15.9 Å². The van der Waals surface area contributed by atoms with Gasteiger partial charge in [0.25, 0.3) is 0 Å². The van der Waals surface area contributed by atoms with Gasteiger partial charge in [-0.3, -0.25) is 0 Å². The molecular weight excluding hydrogens is 286 g/mol. The second-order valence-corrected chi connectivity index (χ2v) is 5.87. The monoisotopic (exact) mass is 303 g/mol. The van der Waals surface area contributed by atoms with Crippen molar-refractivity contribution in [1.82, 2.24) is 9.97 Å². The summed E-state index contributed by atoms with van der Waals surface area (Å²) in [5.41, 5.74) is 0.986. The number of aryl methyl sites for hydroxylation is 1. The lowest BCUT2D eigenvalue weighted by molar-refractivity contribution is 0.749. The minimum Gasteiger partial charge on any atom is -0.372 e. The van der Waals surface area contributed by atoms with Crippen molar-refractivity contribution in [2.24, 2.45) is 5.92 Å². The molecule has 16 heavy (non-hydrogen) atoms. The first kappa shape index (κ1) is 13.8. The molecule has 3 nitrogen and oxygen atoms in total. The van der Waals surface area contributed by atoms with Crippen LogP contribution in [0.1, 0.15) is 25.4 Å². The molecule has 0 aliphatic carbocycles. The van der Waals surface area contributed by atoms with Crippen LogP contribution in [0.5, 0.6) is 0 Å². The third-order valence-electron chi connectivity index (χ3n) is 1.98. The Morgan fingerprint density at radius 3 is 2.62 bits per heavy atom. The van der Waals surface area contributed by atoms with Crippen LogP contribution in [0.2, 0.25) is 0 Å². The Kier molecular flexibility index (Phi) is 5.55. The number of hydrogen-bond acceptors (Lipinski definition) is 4. The minimum absolute atomic E-state index is 0.713. The van der Waals surface area contributed by atoms with E-state index in [9.17, 15) is 0 Å². The fourth-order valence-electron chi connectivity index (χ4n) is 1.23. The highest BCUT2D eigenvalue weighted by molar-refractivity contribution is 9.10. The van der Waals surface area contributed by atoms with Crippen molar-refractivity contribution in [3.63, 3.8) is 0 Å². The van der Waals surface area contributed by atoms with Gasteiger partial charge in [-0.25, -0.2) is 9.97 Å². The van der Waals surface area contributed by atoms with Crippen LogP contribution in [0, 0.1) is 12.8 Å². The smallest absolute Gasteiger partial charge is 0.144 e. The van der Waals surface area contributed by atoms with Crippen LogP contribution >= 0.6 is 27.7 Å².